The van der Waals surface area contributed by atoms with Gasteiger partial charge in [0.2, 0.25) is 5.91 Å². The lowest BCUT2D eigenvalue weighted by Gasteiger charge is -2.36. The van der Waals surface area contributed by atoms with Crippen LogP contribution in [0.3, 0.4) is 0 Å². The Kier molecular flexibility index (Phi) is 3.06. The predicted octanol–water partition coefficient (Wildman–Crippen LogP) is 1.17. The number of carbonyl (C=O) groups excluding carboxylic acids is 1. The second-order valence-corrected chi connectivity index (χ2v) is 4.69. The van der Waals surface area contributed by atoms with E-state index in [1.54, 1.807) is 0 Å². The summed E-state index contributed by atoms with van der Waals surface area (Å²) >= 11 is 0. The predicted molar refractivity (Wildman–Crippen MR) is 55.7 cm³/mol. The number of nitrogens with two attached hydrogens (primary N) is 1. The Morgan fingerprint density at radius 1 is 1.07 bits per heavy atom. The van der Waals surface area contributed by atoms with Crippen LogP contribution < -0.4 is 11.1 Å². The Balaban J connectivity index is 1.88. The van der Waals surface area contributed by atoms with Crippen molar-refractivity contribution in [1.29, 1.82) is 0 Å². The average Bonchev–Trinajstić information content (AvgIpc) is 2.12. The summed E-state index contributed by atoms with van der Waals surface area (Å²) in [6.07, 6.45) is 8.42. The van der Waals surface area contributed by atoms with E-state index in [0.717, 1.165) is 19.3 Å². The van der Waals surface area contributed by atoms with Crippen molar-refractivity contribution in [3.63, 3.8) is 0 Å². The molecule has 80 valence electrons. The quantitative estimate of drug-likeness (QED) is 0.712. The Labute approximate surface area is 85.4 Å². The second-order valence-electron chi connectivity index (χ2n) is 4.69. The number of nitrogens with one attached hydrogen (secondary N) is 1. The molecule has 0 aliphatic heterocycles. The van der Waals surface area contributed by atoms with Crippen LogP contribution in [0, 0.1) is 5.92 Å². The highest BCUT2D eigenvalue weighted by molar-refractivity contribution is 5.77. The zero-order valence-electron chi connectivity index (χ0n) is 8.67. The third kappa shape index (κ3) is 2.08. The van der Waals surface area contributed by atoms with Gasteiger partial charge in [0, 0.05) is 12.1 Å². The van der Waals surface area contributed by atoms with Crippen molar-refractivity contribution in [2.75, 3.05) is 0 Å². The molecule has 3 heteroatoms. The molecule has 2 saturated carbocycles. The lowest BCUT2D eigenvalue weighted by molar-refractivity contribution is -0.123. The standard InChI is InChI=1S/C11H20N2O/c12-11(14)9-6-1-2-7-10(9)13-8-4-3-5-8/h8-10,13H,1-7H2,(H2,12,14). The largest absolute Gasteiger partial charge is 0.369 e. The van der Waals surface area contributed by atoms with Crippen LogP contribution in [0.15, 0.2) is 0 Å². The van der Waals surface area contributed by atoms with Crippen LogP contribution in [0.25, 0.3) is 0 Å². The van der Waals surface area contributed by atoms with E-state index >= 15 is 0 Å². The fraction of sp³-hybridized carbons (Fsp3) is 0.909. The molecule has 0 aromatic heterocycles. The summed E-state index contributed by atoms with van der Waals surface area (Å²) in [5.74, 6) is -0.0223. The Bertz CT molecular complexity index is 213. The highest BCUT2D eigenvalue weighted by Gasteiger charge is 2.31. The molecule has 2 unspecified atom stereocenters. The van der Waals surface area contributed by atoms with Crippen molar-refractivity contribution >= 4 is 5.91 Å². The lowest BCUT2D eigenvalue weighted by atomic mass is 9.82. The zero-order chi connectivity index (χ0) is 9.97. The third-order valence-electron chi connectivity index (χ3n) is 3.69. The fourth-order valence-electron chi connectivity index (χ4n) is 2.55. The Morgan fingerprint density at radius 3 is 2.36 bits per heavy atom. The van der Waals surface area contributed by atoms with E-state index in [1.165, 1.54) is 25.7 Å². The maximum Gasteiger partial charge on any atom is 0.222 e. The molecule has 0 bridgehead atoms. The molecule has 2 aliphatic carbocycles. The van der Waals surface area contributed by atoms with Gasteiger partial charge in [-0.15, -0.1) is 0 Å². The van der Waals surface area contributed by atoms with E-state index in [-0.39, 0.29) is 11.8 Å². The van der Waals surface area contributed by atoms with Gasteiger partial charge in [0.1, 0.15) is 0 Å². The van der Waals surface area contributed by atoms with Crippen LogP contribution in [0.5, 0.6) is 0 Å². The molecule has 0 heterocycles. The van der Waals surface area contributed by atoms with Gasteiger partial charge in [0.05, 0.1) is 5.92 Å². The van der Waals surface area contributed by atoms with Crippen molar-refractivity contribution in [2.45, 2.75) is 57.0 Å². The van der Waals surface area contributed by atoms with Gasteiger partial charge in [0.15, 0.2) is 0 Å². The Morgan fingerprint density at radius 2 is 1.79 bits per heavy atom. The van der Waals surface area contributed by atoms with Crippen LogP contribution in [0.2, 0.25) is 0 Å². The number of primary amides is 1. The van der Waals surface area contributed by atoms with E-state index in [0.29, 0.717) is 12.1 Å². The van der Waals surface area contributed by atoms with Crippen molar-refractivity contribution in [1.82, 2.24) is 5.32 Å². The normalized spacial score (nSPS) is 33.7. The van der Waals surface area contributed by atoms with Crippen LogP contribution >= 0.6 is 0 Å². The first kappa shape index (κ1) is 9.97. The van der Waals surface area contributed by atoms with E-state index in [2.05, 4.69) is 5.32 Å². The van der Waals surface area contributed by atoms with Gasteiger partial charge in [-0.2, -0.15) is 0 Å². The molecule has 2 atom stereocenters. The average molecular weight is 196 g/mol. The van der Waals surface area contributed by atoms with Crippen molar-refractivity contribution < 1.29 is 4.79 Å². The van der Waals surface area contributed by atoms with E-state index in [9.17, 15) is 4.79 Å². The fourth-order valence-corrected chi connectivity index (χ4v) is 2.55. The molecule has 2 fully saturated rings. The molecular formula is C11H20N2O. The van der Waals surface area contributed by atoms with E-state index in [1.807, 2.05) is 0 Å². The first-order valence-corrected chi connectivity index (χ1v) is 5.83. The highest BCUT2D eigenvalue weighted by Crippen LogP contribution is 2.27. The molecule has 3 N–H and O–H groups in total. The topological polar surface area (TPSA) is 55.1 Å². The maximum absolute atomic E-state index is 11.2. The summed E-state index contributed by atoms with van der Waals surface area (Å²) in [5.41, 5.74) is 5.41. The molecule has 14 heavy (non-hydrogen) atoms. The summed E-state index contributed by atoms with van der Waals surface area (Å²) in [6.45, 7) is 0. The zero-order valence-corrected chi connectivity index (χ0v) is 8.67. The molecular weight excluding hydrogens is 176 g/mol. The van der Waals surface area contributed by atoms with Crippen molar-refractivity contribution in [3.8, 4) is 0 Å². The van der Waals surface area contributed by atoms with Gasteiger partial charge >= 0.3 is 0 Å². The van der Waals surface area contributed by atoms with E-state index < -0.39 is 0 Å². The number of amides is 1. The highest BCUT2D eigenvalue weighted by atomic mass is 16.1. The third-order valence-corrected chi connectivity index (χ3v) is 3.69. The van der Waals surface area contributed by atoms with Gasteiger partial charge in [-0.3, -0.25) is 4.79 Å². The smallest absolute Gasteiger partial charge is 0.222 e. The molecule has 3 nitrogen and oxygen atoms in total. The number of rotatable bonds is 3. The second kappa shape index (κ2) is 4.30. The molecule has 0 saturated heterocycles. The summed E-state index contributed by atoms with van der Waals surface area (Å²) in [6, 6.07) is 1.03. The maximum atomic E-state index is 11.2. The first-order valence-electron chi connectivity index (χ1n) is 5.83. The number of carbonyl (C=O) groups is 1. The van der Waals surface area contributed by atoms with Crippen LogP contribution in [-0.2, 0) is 4.79 Å². The van der Waals surface area contributed by atoms with Gasteiger partial charge < -0.3 is 11.1 Å². The minimum absolute atomic E-state index is 0.0874. The van der Waals surface area contributed by atoms with Crippen LogP contribution in [-0.4, -0.2) is 18.0 Å². The minimum atomic E-state index is -0.110. The molecule has 0 spiro atoms. The lowest BCUT2D eigenvalue weighted by Crippen LogP contribution is -2.50. The number of hydrogen-bond donors (Lipinski definition) is 2. The molecule has 0 aromatic carbocycles. The summed E-state index contributed by atoms with van der Waals surface area (Å²) in [7, 11) is 0. The van der Waals surface area contributed by atoms with Crippen LogP contribution in [0.1, 0.15) is 44.9 Å². The molecule has 2 rings (SSSR count). The first-order chi connectivity index (χ1) is 6.77. The van der Waals surface area contributed by atoms with Gasteiger partial charge in [-0.1, -0.05) is 19.3 Å². The summed E-state index contributed by atoms with van der Waals surface area (Å²) in [4.78, 5) is 11.2. The number of hydrogen-bond acceptors (Lipinski definition) is 2. The van der Waals surface area contributed by atoms with Gasteiger partial charge in [0.25, 0.3) is 0 Å². The molecule has 1 amide bonds. The summed E-state index contributed by atoms with van der Waals surface area (Å²) < 4.78 is 0. The molecule has 2 aliphatic rings. The van der Waals surface area contributed by atoms with E-state index in [4.69, 9.17) is 5.73 Å². The van der Waals surface area contributed by atoms with Crippen molar-refractivity contribution in [3.05, 3.63) is 0 Å². The van der Waals surface area contributed by atoms with Gasteiger partial charge in [-0.05, 0) is 25.7 Å². The van der Waals surface area contributed by atoms with Crippen LogP contribution in [0.4, 0.5) is 0 Å². The minimum Gasteiger partial charge on any atom is -0.369 e. The molecule has 0 aromatic rings. The molecule has 0 radical (unpaired) electrons. The SMILES string of the molecule is NC(=O)C1CCCCC1NC1CCC1. The van der Waals surface area contributed by atoms with Crippen molar-refractivity contribution in [2.24, 2.45) is 11.7 Å². The Hall–Kier alpha value is -0.570. The monoisotopic (exact) mass is 196 g/mol. The summed E-state index contributed by atoms with van der Waals surface area (Å²) in [5, 5.41) is 3.59. The van der Waals surface area contributed by atoms with Gasteiger partial charge in [-0.25, -0.2) is 0 Å².